The first-order chi connectivity index (χ1) is 15.4. The summed E-state index contributed by atoms with van der Waals surface area (Å²) >= 11 is 3.27. The maximum atomic E-state index is 11.1. The van der Waals surface area contributed by atoms with Gasteiger partial charge in [-0.15, -0.1) is 0 Å². The summed E-state index contributed by atoms with van der Waals surface area (Å²) in [6.45, 7) is 11.9. The number of ether oxygens (including phenoxy) is 2. The summed E-state index contributed by atoms with van der Waals surface area (Å²) in [4.78, 5) is 55.0. The van der Waals surface area contributed by atoms with Crippen LogP contribution in [0, 0.1) is 13.8 Å². The number of nitrogens with zero attached hydrogens (tertiary/aromatic N) is 3. The molecule has 200 valence electrons. The Morgan fingerprint density at radius 3 is 1.54 bits per heavy atom. The summed E-state index contributed by atoms with van der Waals surface area (Å²) in [5.74, 6) is -0.799. The lowest BCUT2D eigenvalue weighted by atomic mass is 10.3. The molecule has 0 radical (unpaired) electrons. The minimum absolute atomic E-state index is 0. The highest BCUT2D eigenvalue weighted by molar-refractivity contribution is 9.09. The van der Waals surface area contributed by atoms with Gasteiger partial charge in [-0.3, -0.25) is 9.78 Å². The van der Waals surface area contributed by atoms with Gasteiger partial charge in [-0.2, -0.15) is 29.4 Å². The number of rotatable bonds is 3. The number of nitrogens with one attached hydrogen (secondary N) is 1. The highest BCUT2D eigenvalue weighted by Gasteiger charge is 2.13. The van der Waals surface area contributed by atoms with Crippen LogP contribution in [0.5, 0.6) is 0 Å². The number of H-pyrrole nitrogens is 1. The Balaban J connectivity index is -0.000000121. The highest BCUT2D eigenvalue weighted by Crippen LogP contribution is 2.10. The Labute approximate surface area is 214 Å². The van der Waals surface area contributed by atoms with Gasteiger partial charge in [0.05, 0.1) is 14.2 Å². The SMILES string of the molecule is C.C.CC(C)Br.COC(=O)c1cc(C)[nH]n1.COC(=O)c1cc(C)n(C(C)C)n1.O=C=O.O=C=O. The predicted molar refractivity (Wildman–Crippen MR) is 131 cm³/mol. The van der Waals surface area contributed by atoms with E-state index in [1.54, 1.807) is 16.8 Å². The van der Waals surface area contributed by atoms with Crippen molar-refractivity contribution in [3.05, 3.63) is 34.9 Å². The summed E-state index contributed by atoms with van der Waals surface area (Å²) in [5, 5.41) is 10.4. The minimum Gasteiger partial charge on any atom is -0.464 e. The number of aryl methyl sites for hydroxylation is 2. The van der Waals surface area contributed by atoms with Gasteiger partial charge in [0.15, 0.2) is 11.4 Å². The second-order valence-electron chi connectivity index (χ2n) is 6.31. The molecule has 0 saturated heterocycles. The molecule has 12 nitrogen and oxygen atoms in total. The summed E-state index contributed by atoms with van der Waals surface area (Å²) in [6.07, 6.45) is 0.500. The van der Waals surface area contributed by atoms with Crippen molar-refractivity contribution in [3.63, 3.8) is 0 Å². The molecular weight excluding hydrogens is 528 g/mol. The van der Waals surface area contributed by atoms with E-state index in [4.69, 9.17) is 19.2 Å². The van der Waals surface area contributed by atoms with Crippen molar-refractivity contribution in [2.75, 3.05) is 14.2 Å². The van der Waals surface area contributed by atoms with E-state index in [1.807, 2.05) is 27.7 Å². The highest BCUT2D eigenvalue weighted by atomic mass is 79.9. The van der Waals surface area contributed by atoms with Crippen LogP contribution >= 0.6 is 15.9 Å². The molecule has 0 aromatic carbocycles. The van der Waals surface area contributed by atoms with Crippen LogP contribution in [-0.2, 0) is 28.7 Å². The van der Waals surface area contributed by atoms with Crippen molar-refractivity contribution in [2.45, 2.75) is 67.3 Å². The third-order valence-corrected chi connectivity index (χ3v) is 2.91. The third kappa shape index (κ3) is 22.2. The van der Waals surface area contributed by atoms with Crippen LogP contribution in [0.25, 0.3) is 0 Å². The van der Waals surface area contributed by atoms with Crippen LogP contribution in [0.4, 0.5) is 0 Å². The molecule has 0 bridgehead atoms. The van der Waals surface area contributed by atoms with E-state index in [-0.39, 0.29) is 39.2 Å². The molecule has 2 heterocycles. The molecule has 13 heteroatoms. The summed E-state index contributed by atoms with van der Waals surface area (Å²) in [5.41, 5.74) is 2.50. The molecule has 0 spiro atoms. The van der Waals surface area contributed by atoms with Crippen molar-refractivity contribution < 1.29 is 38.2 Å². The van der Waals surface area contributed by atoms with Gasteiger partial charge in [0, 0.05) is 22.3 Å². The molecule has 0 amide bonds. The zero-order chi connectivity index (χ0) is 26.6. The maximum absolute atomic E-state index is 11.1. The van der Waals surface area contributed by atoms with Crippen molar-refractivity contribution in [3.8, 4) is 0 Å². The molecule has 2 aromatic rings. The van der Waals surface area contributed by atoms with E-state index in [2.05, 4.69) is 54.5 Å². The third-order valence-electron chi connectivity index (χ3n) is 2.91. The monoisotopic (exact) mass is 564 g/mol. The number of carbonyl (C=O) groups is 2. The van der Waals surface area contributed by atoms with Crippen LogP contribution in [0.1, 0.15) is 81.0 Å². The summed E-state index contributed by atoms with van der Waals surface area (Å²) in [7, 11) is 2.68. The predicted octanol–water partition coefficient (Wildman–Crippen LogP) is 3.96. The van der Waals surface area contributed by atoms with E-state index >= 15 is 0 Å². The van der Waals surface area contributed by atoms with E-state index in [0.717, 1.165) is 11.4 Å². The van der Waals surface area contributed by atoms with Crippen molar-refractivity contribution in [1.29, 1.82) is 0 Å². The van der Waals surface area contributed by atoms with Crippen LogP contribution < -0.4 is 0 Å². The number of carbonyl (C=O) groups excluding carboxylic acids is 6. The number of halogens is 1. The number of aromatic nitrogens is 4. The Morgan fingerprint density at radius 1 is 0.914 bits per heavy atom. The molecule has 0 saturated carbocycles. The molecule has 0 aliphatic rings. The first kappa shape index (κ1) is 41.8. The first-order valence-corrected chi connectivity index (χ1v) is 10.2. The average Bonchev–Trinajstić information content (AvgIpc) is 3.34. The number of hydrogen-bond acceptors (Lipinski definition) is 10. The van der Waals surface area contributed by atoms with Gasteiger partial charge in [-0.1, -0.05) is 44.6 Å². The average molecular weight is 565 g/mol. The molecule has 0 unspecified atom stereocenters. The van der Waals surface area contributed by atoms with E-state index in [0.29, 0.717) is 16.2 Å². The molecule has 1 N–H and O–H groups in total. The van der Waals surface area contributed by atoms with Crippen LogP contribution in [0.3, 0.4) is 0 Å². The molecule has 0 atom stereocenters. The Bertz CT molecular complexity index is 880. The quantitative estimate of drug-likeness (QED) is 0.425. The van der Waals surface area contributed by atoms with Gasteiger partial charge in [0.25, 0.3) is 0 Å². The van der Waals surface area contributed by atoms with E-state index in [9.17, 15) is 9.59 Å². The van der Waals surface area contributed by atoms with Gasteiger partial charge in [0.2, 0.25) is 0 Å². The van der Waals surface area contributed by atoms with Gasteiger partial charge < -0.3 is 9.47 Å². The smallest absolute Gasteiger partial charge is 0.373 e. The van der Waals surface area contributed by atoms with Crippen molar-refractivity contribution in [1.82, 2.24) is 20.0 Å². The first-order valence-electron chi connectivity index (χ1n) is 9.23. The largest absolute Gasteiger partial charge is 0.464 e. The van der Waals surface area contributed by atoms with Gasteiger partial charge >= 0.3 is 24.2 Å². The number of methoxy groups -OCH3 is 2. The van der Waals surface area contributed by atoms with E-state index < -0.39 is 5.97 Å². The fraction of sp³-hybridized carbons (Fsp3) is 0.545. The van der Waals surface area contributed by atoms with Gasteiger partial charge in [-0.25, -0.2) is 9.59 Å². The van der Waals surface area contributed by atoms with Gasteiger partial charge in [-0.05, 0) is 39.8 Å². The number of hydrogen-bond donors (Lipinski definition) is 1. The summed E-state index contributed by atoms with van der Waals surface area (Å²) < 4.78 is 10.8. The molecule has 2 aromatic heterocycles. The molecular formula is C22H37BrN4O8. The van der Waals surface area contributed by atoms with Crippen LogP contribution in [0.15, 0.2) is 12.1 Å². The fourth-order valence-electron chi connectivity index (χ4n) is 1.84. The number of aromatic amines is 1. The summed E-state index contributed by atoms with van der Waals surface area (Å²) in [6, 6.07) is 3.62. The van der Waals surface area contributed by atoms with E-state index in [1.165, 1.54) is 14.2 Å². The molecule has 2 rings (SSSR count). The molecule has 35 heavy (non-hydrogen) atoms. The van der Waals surface area contributed by atoms with Crippen molar-refractivity contribution in [2.24, 2.45) is 0 Å². The molecule has 0 aliphatic heterocycles. The van der Waals surface area contributed by atoms with Crippen LogP contribution in [-0.4, -0.2) is 63.3 Å². The Morgan fingerprint density at radius 2 is 1.29 bits per heavy atom. The van der Waals surface area contributed by atoms with Crippen LogP contribution in [0.2, 0.25) is 0 Å². The molecule has 0 aliphatic carbocycles. The standard InChI is InChI=1S/C9H14N2O2.C6H8N2O2.C3H7Br.2CO2.2CH4/c1-6(2)11-7(3)5-8(10-11)9(12)13-4;1-4-3-5(8-7-4)6(9)10-2;1-3(2)4;2*2-1-3;;/h5-6H,1-4H3;3H,1-2H3,(H,7,8);3H,1-2H3;;;2*1H4. The number of alkyl halides is 1. The lowest BCUT2D eigenvalue weighted by molar-refractivity contribution is -0.193. The lowest BCUT2D eigenvalue weighted by Gasteiger charge is -2.06. The number of esters is 2. The zero-order valence-corrected chi connectivity index (χ0v) is 21.4. The maximum Gasteiger partial charge on any atom is 0.373 e. The zero-order valence-electron chi connectivity index (χ0n) is 19.8. The Hall–Kier alpha value is -3.40. The van der Waals surface area contributed by atoms with Crippen molar-refractivity contribution >= 4 is 40.2 Å². The molecule has 0 fully saturated rings. The minimum atomic E-state index is -0.413. The van der Waals surface area contributed by atoms with Gasteiger partial charge in [0.1, 0.15) is 0 Å². The second kappa shape index (κ2) is 25.2. The Kier molecular flexibility index (Phi) is 30.1. The second-order valence-corrected chi connectivity index (χ2v) is 8.14. The normalized spacial score (nSPS) is 8.09. The topological polar surface area (TPSA) is 167 Å². The lowest BCUT2D eigenvalue weighted by Crippen LogP contribution is -2.07. The fourth-order valence-corrected chi connectivity index (χ4v) is 1.84.